The standard InChI is InChI=1S/C11H15N5O4S2/c1-15-9(20)13-14-10(15)22-4-11(8(18)19)2-16-6(17)5(12)7(16)21-3-11/h5,7H,2-4,12H2,1H3,(H,13,20)(H,18,19)/t5?,7-,11?/m1/s1. The molecule has 9 nitrogen and oxygen atoms in total. The maximum Gasteiger partial charge on any atom is 0.343 e. The summed E-state index contributed by atoms with van der Waals surface area (Å²) in [5.41, 5.74) is 4.29. The molecular weight excluding hydrogens is 330 g/mol. The Kier molecular flexibility index (Phi) is 3.73. The van der Waals surface area contributed by atoms with Crippen LogP contribution in [0.2, 0.25) is 0 Å². The number of thioether (sulfide) groups is 2. The largest absolute Gasteiger partial charge is 0.481 e. The summed E-state index contributed by atoms with van der Waals surface area (Å²) < 4.78 is 1.32. The maximum absolute atomic E-state index is 11.8. The van der Waals surface area contributed by atoms with Crippen molar-refractivity contribution in [3.8, 4) is 0 Å². The molecule has 3 atom stereocenters. The number of rotatable bonds is 4. The molecule has 22 heavy (non-hydrogen) atoms. The minimum Gasteiger partial charge on any atom is -0.481 e. The summed E-state index contributed by atoms with van der Waals surface area (Å²) in [6.07, 6.45) is 0. The van der Waals surface area contributed by atoms with Crippen LogP contribution in [-0.2, 0) is 16.6 Å². The van der Waals surface area contributed by atoms with Crippen molar-refractivity contribution in [3.63, 3.8) is 0 Å². The summed E-state index contributed by atoms with van der Waals surface area (Å²) in [5.74, 6) is -0.575. The first-order valence-corrected chi connectivity index (χ1v) is 8.54. The smallest absolute Gasteiger partial charge is 0.343 e. The molecule has 0 aliphatic carbocycles. The van der Waals surface area contributed by atoms with E-state index < -0.39 is 17.4 Å². The van der Waals surface area contributed by atoms with Gasteiger partial charge in [-0.25, -0.2) is 9.89 Å². The molecule has 11 heteroatoms. The summed E-state index contributed by atoms with van der Waals surface area (Å²) in [5, 5.41) is 16.1. The summed E-state index contributed by atoms with van der Waals surface area (Å²) in [6, 6.07) is -0.531. The van der Waals surface area contributed by atoms with Gasteiger partial charge in [0.15, 0.2) is 5.16 Å². The van der Waals surface area contributed by atoms with Crippen molar-refractivity contribution in [1.29, 1.82) is 0 Å². The molecule has 4 N–H and O–H groups in total. The van der Waals surface area contributed by atoms with Gasteiger partial charge < -0.3 is 15.7 Å². The lowest BCUT2D eigenvalue weighted by atomic mass is 9.89. The highest BCUT2D eigenvalue weighted by atomic mass is 32.2. The van der Waals surface area contributed by atoms with Gasteiger partial charge in [-0.2, -0.15) is 0 Å². The van der Waals surface area contributed by atoms with Crippen molar-refractivity contribution in [2.75, 3.05) is 18.1 Å². The Morgan fingerprint density at radius 1 is 1.64 bits per heavy atom. The third-order valence-electron chi connectivity index (χ3n) is 3.96. The average Bonchev–Trinajstić information content (AvgIpc) is 2.83. The second-order valence-electron chi connectivity index (χ2n) is 5.44. The van der Waals surface area contributed by atoms with Gasteiger partial charge in [0, 0.05) is 25.1 Å². The van der Waals surface area contributed by atoms with Crippen LogP contribution in [0.1, 0.15) is 0 Å². The highest BCUT2D eigenvalue weighted by Crippen LogP contribution is 2.43. The van der Waals surface area contributed by atoms with E-state index in [1.54, 1.807) is 7.05 Å². The fourth-order valence-electron chi connectivity index (χ4n) is 2.47. The first kappa shape index (κ1) is 15.4. The fraction of sp³-hybridized carbons (Fsp3) is 0.636. The first-order chi connectivity index (χ1) is 10.4. The Morgan fingerprint density at radius 3 is 2.95 bits per heavy atom. The Labute approximate surface area is 133 Å². The van der Waals surface area contributed by atoms with Crippen LogP contribution in [0.3, 0.4) is 0 Å². The number of carbonyl (C=O) groups is 2. The molecule has 1 aromatic rings. The summed E-state index contributed by atoms with van der Waals surface area (Å²) in [7, 11) is 1.56. The Bertz CT molecular complexity index is 688. The lowest BCUT2D eigenvalue weighted by molar-refractivity contribution is -0.155. The van der Waals surface area contributed by atoms with Crippen LogP contribution < -0.4 is 11.4 Å². The van der Waals surface area contributed by atoms with E-state index in [-0.39, 0.29) is 29.3 Å². The molecule has 2 fully saturated rings. The van der Waals surface area contributed by atoms with Crippen LogP contribution in [0.5, 0.6) is 0 Å². The molecule has 0 bridgehead atoms. The van der Waals surface area contributed by atoms with Gasteiger partial charge >= 0.3 is 11.7 Å². The third kappa shape index (κ3) is 2.23. The van der Waals surface area contributed by atoms with Gasteiger partial charge in [-0.3, -0.25) is 14.2 Å². The van der Waals surface area contributed by atoms with Crippen LogP contribution in [0, 0.1) is 5.41 Å². The van der Waals surface area contributed by atoms with E-state index in [2.05, 4.69) is 10.2 Å². The predicted octanol–water partition coefficient (Wildman–Crippen LogP) is -1.49. The van der Waals surface area contributed by atoms with Crippen molar-refractivity contribution in [2.24, 2.45) is 18.2 Å². The number of carbonyl (C=O) groups excluding carboxylic acids is 1. The molecule has 3 rings (SSSR count). The van der Waals surface area contributed by atoms with Crippen LogP contribution in [0.25, 0.3) is 0 Å². The highest BCUT2D eigenvalue weighted by molar-refractivity contribution is 8.00. The molecule has 1 amide bonds. The quantitative estimate of drug-likeness (QED) is 0.444. The number of carboxylic acids is 1. The Balaban J connectivity index is 1.76. The summed E-state index contributed by atoms with van der Waals surface area (Å²) >= 11 is 2.58. The average molecular weight is 345 g/mol. The van der Waals surface area contributed by atoms with Crippen molar-refractivity contribution >= 4 is 35.4 Å². The number of β-lactam (4-membered cyclic amide) rings is 1. The topological polar surface area (TPSA) is 134 Å². The SMILES string of the molecule is Cn1c(SCC2(C(=O)O)CS[C@@H]3C(N)C(=O)N3C2)n[nH]c1=O. The van der Waals surface area contributed by atoms with Crippen molar-refractivity contribution < 1.29 is 14.7 Å². The van der Waals surface area contributed by atoms with Crippen molar-refractivity contribution in [3.05, 3.63) is 10.5 Å². The predicted molar refractivity (Wildman–Crippen MR) is 80.6 cm³/mol. The second-order valence-corrected chi connectivity index (χ2v) is 7.49. The number of hydrogen-bond donors (Lipinski definition) is 3. The molecule has 120 valence electrons. The van der Waals surface area contributed by atoms with E-state index in [1.165, 1.54) is 33.0 Å². The molecule has 2 aliphatic rings. The van der Waals surface area contributed by atoms with Gasteiger partial charge in [0.2, 0.25) is 5.91 Å². The normalized spacial score (nSPS) is 30.8. The number of nitrogens with zero attached hydrogens (tertiary/aromatic N) is 3. The second kappa shape index (κ2) is 5.32. The highest BCUT2D eigenvalue weighted by Gasteiger charge is 2.55. The van der Waals surface area contributed by atoms with Gasteiger partial charge in [-0.1, -0.05) is 11.8 Å². The van der Waals surface area contributed by atoms with E-state index in [9.17, 15) is 19.5 Å². The number of nitrogens with two attached hydrogens (primary N) is 1. The molecule has 2 unspecified atom stereocenters. The summed E-state index contributed by atoms with van der Waals surface area (Å²) in [4.78, 5) is 36.4. The maximum atomic E-state index is 11.8. The Hall–Kier alpha value is -1.46. The number of aromatic amines is 1. The van der Waals surface area contributed by atoms with Gasteiger partial charge in [0.1, 0.15) is 16.8 Å². The molecule has 0 aromatic carbocycles. The molecular formula is C11H15N5O4S2. The number of H-pyrrole nitrogens is 1. The summed E-state index contributed by atoms with van der Waals surface area (Å²) in [6.45, 7) is 0.137. The number of hydrogen-bond acceptors (Lipinski definition) is 7. The lowest BCUT2D eigenvalue weighted by Crippen LogP contribution is -2.72. The minimum atomic E-state index is -1.07. The molecule has 1 aromatic heterocycles. The van der Waals surface area contributed by atoms with Crippen LogP contribution >= 0.6 is 23.5 Å². The molecule has 2 saturated heterocycles. The van der Waals surface area contributed by atoms with Gasteiger partial charge in [0.05, 0.1) is 0 Å². The number of carboxylic acid groups (broad SMARTS) is 1. The van der Waals surface area contributed by atoms with E-state index in [1.807, 2.05) is 0 Å². The zero-order valence-corrected chi connectivity index (χ0v) is 13.3. The number of aromatic nitrogens is 3. The van der Waals surface area contributed by atoms with Crippen molar-refractivity contribution in [1.82, 2.24) is 19.7 Å². The molecule has 2 aliphatic heterocycles. The number of fused-ring (bicyclic) bond motifs is 1. The number of nitrogens with one attached hydrogen (secondary N) is 1. The van der Waals surface area contributed by atoms with Crippen LogP contribution in [0.15, 0.2) is 9.95 Å². The fourth-order valence-corrected chi connectivity index (χ4v) is 5.20. The zero-order valence-electron chi connectivity index (χ0n) is 11.7. The first-order valence-electron chi connectivity index (χ1n) is 6.51. The molecule has 0 spiro atoms. The molecule has 0 radical (unpaired) electrons. The van der Waals surface area contributed by atoms with Gasteiger partial charge in [0.25, 0.3) is 0 Å². The number of aliphatic carboxylic acids is 1. The molecule has 0 saturated carbocycles. The van der Waals surface area contributed by atoms with E-state index in [0.717, 1.165) is 0 Å². The van der Waals surface area contributed by atoms with E-state index in [0.29, 0.717) is 10.9 Å². The Morgan fingerprint density at radius 2 is 2.36 bits per heavy atom. The van der Waals surface area contributed by atoms with Crippen molar-refractivity contribution in [2.45, 2.75) is 16.6 Å². The van der Waals surface area contributed by atoms with Crippen LogP contribution in [-0.4, -0.2) is 66.1 Å². The monoisotopic (exact) mass is 345 g/mol. The third-order valence-corrected chi connectivity index (χ3v) is 6.88. The van der Waals surface area contributed by atoms with E-state index >= 15 is 0 Å². The molecule has 3 heterocycles. The van der Waals surface area contributed by atoms with Crippen LogP contribution in [0.4, 0.5) is 0 Å². The lowest BCUT2D eigenvalue weighted by Gasteiger charge is -2.52. The van der Waals surface area contributed by atoms with E-state index in [4.69, 9.17) is 5.73 Å². The minimum absolute atomic E-state index is 0.125. The zero-order chi connectivity index (χ0) is 16.1. The van der Waals surface area contributed by atoms with Gasteiger partial charge in [-0.05, 0) is 0 Å². The number of amides is 1. The van der Waals surface area contributed by atoms with Gasteiger partial charge in [-0.15, -0.1) is 16.9 Å².